The normalized spacial score (nSPS) is 20.8. The minimum atomic E-state index is 0.328. The predicted octanol–water partition coefficient (Wildman–Crippen LogP) is 2.78. The van der Waals surface area contributed by atoms with Crippen LogP contribution < -0.4 is 0 Å². The first kappa shape index (κ1) is 13.9. The van der Waals surface area contributed by atoms with Gasteiger partial charge in [-0.05, 0) is 30.5 Å². The quantitative estimate of drug-likeness (QED) is 0.855. The van der Waals surface area contributed by atoms with Crippen LogP contribution in [0.1, 0.15) is 24.8 Å². The first-order chi connectivity index (χ1) is 9.72. The summed E-state index contributed by atoms with van der Waals surface area (Å²) in [5.74, 6) is 0.716. The Kier molecular flexibility index (Phi) is 4.27. The number of carbonyl (C=O) groups excluding carboxylic acids is 1. The van der Waals surface area contributed by atoms with Gasteiger partial charge in [0, 0.05) is 43.7 Å². The summed E-state index contributed by atoms with van der Waals surface area (Å²) in [5, 5.41) is 0.793. The van der Waals surface area contributed by atoms with Gasteiger partial charge in [0.2, 0.25) is 5.91 Å². The Labute approximate surface area is 125 Å². The van der Waals surface area contributed by atoms with Gasteiger partial charge in [-0.2, -0.15) is 0 Å². The molecule has 3 rings (SSSR count). The van der Waals surface area contributed by atoms with E-state index in [2.05, 4.69) is 15.9 Å². The van der Waals surface area contributed by atoms with E-state index in [1.807, 2.05) is 18.2 Å². The van der Waals surface area contributed by atoms with Crippen molar-refractivity contribution in [1.82, 2.24) is 9.80 Å². The van der Waals surface area contributed by atoms with Crippen molar-refractivity contribution < 1.29 is 4.79 Å². The summed E-state index contributed by atoms with van der Waals surface area (Å²) in [5.41, 5.74) is 1.25. The van der Waals surface area contributed by atoms with Gasteiger partial charge >= 0.3 is 0 Å². The molecule has 1 aliphatic carbocycles. The number of hydrogen-bond acceptors (Lipinski definition) is 2. The zero-order valence-corrected chi connectivity index (χ0v) is 12.5. The second-order valence-corrected chi connectivity index (χ2v) is 6.30. The van der Waals surface area contributed by atoms with Crippen molar-refractivity contribution in [3.63, 3.8) is 0 Å². The standard InChI is InChI=1S/C16H21ClN2O/c17-15-6-1-3-13(11-15)12-18-7-9-19(10-8-18)16(20)14-4-2-5-14/h1,3,6,11,14H,2,4-5,7-10,12H2. The van der Waals surface area contributed by atoms with Crippen molar-refractivity contribution in [2.24, 2.45) is 5.92 Å². The Morgan fingerprint density at radius 1 is 1.20 bits per heavy atom. The molecule has 108 valence electrons. The molecule has 3 nitrogen and oxygen atoms in total. The van der Waals surface area contributed by atoms with E-state index >= 15 is 0 Å². The van der Waals surface area contributed by atoms with Crippen LogP contribution in [0.4, 0.5) is 0 Å². The molecule has 0 atom stereocenters. The van der Waals surface area contributed by atoms with Crippen LogP contribution in [0.2, 0.25) is 5.02 Å². The van der Waals surface area contributed by atoms with Crippen molar-refractivity contribution in [2.45, 2.75) is 25.8 Å². The van der Waals surface area contributed by atoms with E-state index in [0.29, 0.717) is 11.8 Å². The number of amides is 1. The predicted molar refractivity (Wildman–Crippen MR) is 80.7 cm³/mol. The summed E-state index contributed by atoms with van der Waals surface area (Å²) < 4.78 is 0. The molecule has 2 fully saturated rings. The fourth-order valence-electron chi connectivity index (χ4n) is 2.93. The smallest absolute Gasteiger partial charge is 0.225 e. The molecule has 0 unspecified atom stereocenters. The SMILES string of the molecule is O=C(C1CCC1)N1CCN(Cc2cccc(Cl)c2)CC1. The van der Waals surface area contributed by atoms with E-state index in [1.165, 1.54) is 12.0 Å². The number of halogens is 1. The fourth-order valence-corrected chi connectivity index (χ4v) is 3.15. The van der Waals surface area contributed by atoms with E-state index in [4.69, 9.17) is 11.6 Å². The molecular weight excluding hydrogens is 272 g/mol. The summed E-state index contributed by atoms with van der Waals surface area (Å²) in [6.07, 6.45) is 3.42. The summed E-state index contributed by atoms with van der Waals surface area (Å²) >= 11 is 6.01. The molecule has 4 heteroatoms. The van der Waals surface area contributed by atoms with Crippen molar-refractivity contribution in [2.75, 3.05) is 26.2 Å². The molecular formula is C16H21ClN2O. The molecule has 0 bridgehead atoms. The van der Waals surface area contributed by atoms with Crippen LogP contribution in [-0.2, 0) is 11.3 Å². The summed E-state index contributed by atoms with van der Waals surface area (Å²) in [6.45, 7) is 4.59. The highest BCUT2D eigenvalue weighted by Crippen LogP contribution is 2.28. The van der Waals surface area contributed by atoms with Gasteiger partial charge < -0.3 is 4.90 Å². The van der Waals surface area contributed by atoms with Gasteiger partial charge in [0.1, 0.15) is 0 Å². The molecule has 1 saturated carbocycles. The molecule has 0 radical (unpaired) electrons. The van der Waals surface area contributed by atoms with E-state index < -0.39 is 0 Å². The second-order valence-electron chi connectivity index (χ2n) is 5.86. The van der Waals surface area contributed by atoms with Gasteiger partial charge in [0.25, 0.3) is 0 Å². The van der Waals surface area contributed by atoms with Crippen LogP contribution in [0.3, 0.4) is 0 Å². The Bertz CT molecular complexity index is 479. The zero-order chi connectivity index (χ0) is 13.9. The zero-order valence-electron chi connectivity index (χ0n) is 11.7. The highest BCUT2D eigenvalue weighted by Gasteiger charge is 2.31. The van der Waals surface area contributed by atoms with Crippen molar-refractivity contribution in [3.05, 3.63) is 34.9 Å². The van der Waals surface area contributed by atoms with Gasteiger partial charge in [-0.3, -0.25) is 9.69 Å². The molecule has 0 spiro atoms. The first-order valence-corrected chi connectivity index (χ1v) is 7.86. The maximum Gasteiger partial charge on any atom is 0.225 e. The number of nitrogens with zero attached hydrogens (tertiary/aromatic N) is 2. The molecule has 0 N–H and O–H groups in total. The van der Waals surface area contributed by atoms with E-state index in [1.54, 1.807) is 0 Å². The lowest BCUT2D eigenvalue weighted by atomic mass is 9.84. The lowest BCUT2D eigenvalue weighted by molar-refractivity contribution is -0.140. The monoisotopic (exact) mass is 292 g/mol. The van der Waals surface area contributed by atoms with Crippen molar-refractivity contribution >= 4 is 17.5 Å². The average molecular weight is 293 g/mol. The topological polar surface area (TPSA) is 23.6 Å². The number of carbonyl (C=O) groups is 1. The van der Waals surface area contributed by atoms with Crippen LogP contribution in [0.15, 0.2) is 24.3 Å². The Balaban J connectivity index is 1.49. The molecule has 1 aromatic carbocycles. The van der Waals surface area contributed by atoms with E-state index in [0.717, 1.165) is 50.6 Å². The lowest BCUT2D eigenvalue weighted by Gasteiger charge is -2.38. The molecule has 1 aromatic rings. The largest absolute Gasteiger partial charge is 0.340 e. The highest BCUT2D eigenvalue weighted by molar-refractivity contribution is 6.30. The molecule has 1 amide bonds. The van der Waals surface area contributed by atoms with Crippen LogP contribution in [0, 0.1) is 5.92 Å². The molecule has 1 aliphatic heterocycles. The minimum absolute atomic E-state index is 0.328. The highest BCUT2D eigenvalue weighted by atomic mass is 35.5. The second kappa shape index (κ2) is 6.15. The summed E-state index contributed by atoms with van der Waals surface area (Å²) in [7, 11) is 0. The van der Waals surface area contributed by atoms with Gasteiger partial charge in [0.05, 0.1) is 0 Å². The van der Waals surface area contributed by atoms with Crippen LogP contribution in [0.25, 0.3) is 0 Å². The van der Waals surface area contributed by atoms with E-state index in [9.17, 15) is 4.79 Å². The molecule has 1 heterocycles. The Morgan fingerprint density at radius 2 is 1.95 bits per heavy atom. The fraction of sp³-hybridized carbons (Fsp3) is 0.562. The van der Waals surface area contributed by atoms with E-state index in [-0.39, 0.29) is 0 Å². The van der Waals surface area contributed by atoms with Crippen molar-refractivity contribution in [1.29, 1.82) is 0 Å². The Morgan fingerprint density at radius 3 is 2.55 bits per heavy atom. The molecule has 0 aromatic heterocycles. The number of piperazine rings is 1. The maximum atomic E-state index is 12.2. The summed E-state index contributed by atoms with van der Waals surface area (Å²) in [4.78, 5) is 16.6. The van der Waals surface area contributed by atoms with Crippen molar-refractivity contribution in [3.8, 4) is 0 Å². The van der Waals surface area contributed by atoms with Gasteiger partial charge in [-0.1, -0.05) is 30.2 Å². The lowest BCUT2D eigenvalue weighted by Crippen LogP contribution is -2.50. The molecule has 1 saturated heterocycles. The third-order valence-corrected chi connectivity index (χ3v) is 4.67. The number of hydrogen-bond donors (Lipinski definition) is 0. The van der Waals surface area contributed by atoms with Crippen LogP contribution >= 0.6 is 11.6 Å². The van der Waals surface area contributed by atoms with Crippen LogP contribution in [-0.4, -0.2) is 41.9 Å². The van der Waals surface area contributed by atoms with Gasteiger partial charge in [0.15, 0.2) is 0 Å². The maximum absolute atomic E-state index is 12.2. The molecule has 20 heavy (non-hydrogen) atoms. The van der Waals surface area contributed by atoms with Gasteiger partial charge in [-0.25, -0.2) is 0 Å². The Hall–Kier alpha value is -1.06. The third-order valence-electron chi connectivity index (χ3n) is 4.43. The first-order valence-electron chi connectivity index (χ1n) is 7.48. The van der Waals surface area contributed by atoms with Gasteiger partial charge in [-0.15, -0.1) is 0 Å². The molecule has 2 aliphatic rings. The third kappa shape index (κ3) is 3.15. The number of benzene rings is 1. The number of rotatable bonds is 3. The van der Waals surface area contributed by atoms with Crippen LogP contribution in [0.5, 0.6) is 0 Å². The minimum Gasteiger partial charge on any atom is -0.340 e. The average Bonchev–Trinajstić information content (AvgIpc) is 2.37. The summed E-state index contributed by atoms with van der Waals surface area (Å²) in [6, 6.07) is 8.03.